The van der Waals surface area contributed by atoms with Gasteiger partial charge in [-0.25, -0.2) is 4.98 Å². The number of hydrogen-bond acceptors (Lipinski definition) is 4. The maximum Gasteiger partial charge on any atom is 0.183 e. The van der Waals surface area contributed by atoms with Crippen molar-refractivity contribution in [2.24, 2.45) is 5.73 Å². The summed E-state index contributed by atoms with van der Waals surface area (Å²) >= 11 is 1.64. The number of rotatable bonds is 3. The first-order chi connectivity index (χ1) is 6.01. The van der Waals surface area contributed by atoms with Crippen molar-refractivity contribution in [1.29, 1.82) is 0 Å². The molecule has 1 aromatic heterocycles. The minimum atomic E-state index is 0.0812. The van der Waals surface area contributed by atoms with Crippen LogP contribution in [0.5, 0.6) is 0 Å². The molecule has 4 heteroatoms. The lowest BCUT2D eigenvalue weighted by molar-refractivity contribution is 0.633. The molecule has 1 rings (SSSR count). The van der Waals surface area contributed by atoms with E-state index in [9.17, 15) is 0 Å². The van der Waals surface area contributed by atoms with Crippen LogP contribution in [0, 0.1) is 0 Å². The SMILES string of the molecule is CC(C)(C)Nc1nc(CCN)cs1. The molecule has 0 aromatic carbocycles. The molecule has 0 saturated carbocycles. The van der Waals surface area contributed by atoms with Crippen molar-refractivity contribution in [3.8, 4) is 0 Å². The molecule has 1 aromatic rings. The number of nitrogens with one attached hydrogen (secondary N) is 1. The molecule has 0 spiro atoms. The first-order valence-electron chi connectivity index (χ1n) is 4.44. The number of hydrogen-bond donors (Lipinski definition) is 2. The Morgan fingerprint density at radius 2 is 2.23 bits per heavy atom. The van der Waals surface area contributed by atoms with Crippen LogP contribution in [0.1, 0.15) is 26.5 Å². The maximum absolute atomic E-state index is 5.44. The van der Waals surface area contributed by atoms with Gasteiger partial charge in [-0.1, -0.05) is 0 Å². The van der Waals surface area contributed by atoms with E-state index in [1.165, 1.54) is 0 Å². The molecule has 0 aliphatic carbocycles. The summed E-state index contributed by atoms with van der Waals surface area (Å²) in [5.41, 5.74) is 6.61. The Hall–Kier alpha value is -0.610. The lowest BCUT2D eigenvalue weighted by Gasteiger charge is -2.19. The Kier molecular flexibility index (Phi) is 3.27. The molecule has 13 heavy (non-hydrogen) atoms. The van der Waals surface area contributed by atoms with Crippen LogP contribution >= 0.6 is 11.3 Å². The van der Waals surface area contributed by atoms with Gasteiger partial charge in [0.1, 0.15) is 0 Å². The van der Waals surface area contributed by atoms with E-state index in [1.807, 2.05) is 0 Å². The minimum absolute atomic E-state index is 0.0812. The third kappa shape index (κ3) is 3.74. The molecular formula is C9H17N3S. The summed E-state index contributed by atoms with van der Waals surface area (Å²) in [6.07, 6.45) is 0.863. The van der Waals surface area contributed by atoms with E-state index in [0.29, 0.717) is 6.54 Å². The van der Waals surface area contributed by atoms with Crippen molar-refractivity contribution < 1.29 is 0 Å². The third-order valence-electron chi connectivity index (χ3n) is 1.43. The van der Waals surface area contributed by atoms with Crippen LogP contribution in [-0.4, -0.2) is 17.1 Å². The fourth-order valence-corrected chi connectivity index (χ4v) is 1.90. The van der Waals surface area contributed by atoms with Crippen LogP contribution in [0.2, 0.25) is 0 Å². The standard InChI is InChI=1S/C9H17N3S/c1-9(2,3)12-8-11-7(4-5-10)6-13-8/h6H,4-5,10H2,1-3H3,(H,11,12). The second-order valence-corrected chi connectivity index (χ2v) is 4.92. The number of nitrogens with zero attached hydrogens (tertiary/aromatic N) is 1. The average molecular weight is 199 g/mol. The van der Waals surface area contributed by atoms with Crippen LogP contribution in [0.4, 0.5) is 5.13 Å². The second kappa shape index (κ2) is 4.07. The van der Waals surface area contributed by atoms with Crippen molar-refractivity contribution in [2.75, 3.05) is 11.9 Å². The lowest BCUT2D eigenvalue weighted by Crippen LogP contribution is -2.25. The first-order valence-corrected chi connectivity index (χ1v) is 5.32. The Balaban J connectivity index is 2.59. The van der Waals surface area contributed by atoms with E-state index in [4.69, 9.17) is 5.73 Å². The molecule has 3 nitrogen and oxygen atoms in total. The van der Waals surface area contributed by atoms with Crippen molar-refractivity contribution in [3.63, 3.8) is 0 Å². The van der Waals surface area contributed by atoms with Crippen molar-refractivity contribution in [2.45, 2.75) is 32.7 Å². The van der Waals surface area contributed by atoms with Gasteiger partial charge < -0.3 is 11.1 Å². The number of aromatic nitrogens is 1. The highest BCUT2D eigenvalue weighted by Crippen LogP contribution is 2.19. The fraction of sp³-hybridized carbons (Fsp3) is 0.667. The minimum Gasteiger partial charge on any atom is -0.357 e. The van der Waals surface area contributed by atoms with Gasteiger partial charge in [0.05, 0.1) is 5.69 Å². The van der Waals surface area contributed by atoms with E-state index in [2.05, 4.69) is 36.5 Å². The maximum atomic E-state index is 5.44. The lowest BCUT2D eigenvalue weighted by atomic mass is 10.1. The Bertz CT molecular complexity index is 262. The first kappa shape index (κ1) is 10.5. The van der Waals surface area contributed by atoms with E-state index >= 15 is 0 Å². The van der Waals surface area contributed by atoms with Gasteiger partial charge in [-0.05, 0) is 27.3 Å². The Morgan fingerprint density at radius 3 is 2.77 bits per heavy atom. The smallest absolute Gasteiger partial charge is 0.183 e. The second-order valence-electron chi connectivity index (χ2n) is 4.06. The normalized spacial score (nSPS) is 11.7. The van der Waals surface area contributed by atoms with E-state index < -0.39 is 0 Å². The van der Waals surface area contributed by atoms with Gasteiger partial charge in [0.2, 0.25) is 0 Å². The molecule has 0 fully saturated rings. The molecule has 0 radical (unpaired) electrons. The molecule has 0 amide bonds. The van der Waals surface area contributed by atoms with Crippen LogP contribution in [0.15, 0.2) is 5.38 Å². The average Bonchev–Trinajstić information content (AvgIpc) is 2.33. The van der Waals surface area contributed by atoms with Gasteiger partial charge in [0.25, 0.3) is 0 Å². The number of nitrogens with two attached hydrogens (primary N) is 1. The van der Waals surface area contributed by atoms with Gasteiger partial charge in [-0.2, -0.15) is 0 Å². The van der Waals surface area contributed by atoms with E-state index in [-0.39, 0.29) is 5.54 Å². The fourth-order valence-electron chi connectivity index (χ4n) is 0.948. The van der Waals surface area contributed by atoms with Gasteiger partial charge in [0, 0.05) is 17.3 Å². The zero-order valence-electron chi connectivity index (χ0n) is 8.42. The van der Waals surface area contributed by atoms with Gasteiger partial charge >= 0.3 is 0 Å². The third-order valence-corrected chi connectivity index (χ3v) is 2.24. The number of thiazole rings is 1. The topological polar surface area (TPSA) is 50.9 Å². The summed E-state index contributed by atoms with van der Waals surface area (Å²) in [6, 6.07) is 0. The van der Waals surface area contributed by atoms with Crippen molar-refractivity contribution in [3.05, 3.63) is 11.1 Å². The van der Waals surface area contributed by atoms with Crippen molar-refractivity contribution >= 4 is 16.5 Å². The molecule has 0 aliphatic heterocycles. The quantitative estimate of drug-likeness (QED) is 0.781. The molecule has 74 valence electrons. The molecule has 0 atom stereocenters. The Labute approximate surface area is 83.4 Å². The highest BCUT2D eigenvalue weighted by Gasteiger charge is 2.11. The summed E-state index contributed by atoms with van der Waals surface area (Å²) in [7, 11) is 0. The van der Waals surface area contributed by atoms with Gasteiger partial charge in [0.15, 0.2) is 5.13 Å². The molecule has 0 bridgehead atoms. The number of anilines is 1. The summed E-state index contributed by atoms with van der Waals surface area (Å²) in [4.78, 5) is 4.41. The van der Waals surface area contributed by atoms with E-state index in [1.54, 1.807) is 11.3 Å². The molecular weight excluding hydrogens is 182 g/mol. The highest BCUT2D eigenvalue weighted by molar-refractivity contribution is 7.13. The molecule has 0 unspecified atom stereocenters. The summed E-state index contributed by atoms with van der Waals surface area (Å²) in [5, 5.41) is 6.37. The zero-order chi connectivity index (χ0) is 9.90. The van der Waals surface area contributed by atoms with Crippen LogP contribution in [0.25, 0.3) is 0 Å². The van der Waals surface area contributed by atoms with Crippen LogP contribution in [-0.2, 0) is 6.42 Å². The van der Waals surface area contributed by atoms with Crippen LogP contribution < -0.4 is 11.1 Å². The molecule has 0 aliphatic rings. The summed E-state index contributed by atoms with van der Waals surface area (Å²) in [6.45, 7) is 7.03. The molecule has 3 N–H and O–H groups in total. The molecule has 1 heterocycles. The van der Waals surface area contributed by atoms with Crippen molar-refractivity contribution in [1.82, 2.24) is 4.98 Å². The molecule has 0 saturated heterocycles. The monoisotopic (exact) mass is 199 g/mol. The summed E-state index contributed by atoms with van der Waals surface area (Å²) in [5.74, 6) is 0. The predicted molar refractivity (Wildman–Crippen MR) is 58.2 cm³/mol. The zero-order valence-corrected chi connectivity index (χ0v) is 9.24. The van der Waals surface area contributed by atoms with Gasteiger partial charge in [-0.3, -0.25) is 0 Å². The van der Waals surface area contributed by atoms with Crippen LogP contribution in [0.3, 0.4) is 0 Å². The highest BCUT2D eigenvalue weighted by atomic mass is 32.1. The summed E-state index contributed by atoms with van der Waals surface area (Å²) < 4.78 is 0. The Morgan fingerprint density at radius 1 is 1.54 bits per heavy atom. The van der Waals surface area contributed by atoms with Gasteiger partial charge in [-0.15, -0.1) is 11.3 Å². The largest absolute Gasteiger partial charge is 0.357 e. The predicted octanol–water partition coefficient (Wildman–Crippen LogP) is 1.85. The van der Waals surface area contributed by atoms with E-state index in [0.717, 1.165) is 17.2 Å².